The quantitative estimate of drug-likeness (QED) is 0.492. The number of anilines is 1. The van der Waals surface area contributed by atoms with Crippen LogP contribution < -0.4 is 26.0 Å². The SMILES string of the molecule is COc1ccc(NC(=O)Cn2c(=O)n(-c3ccc(OC)cc3)c(=O)c3cc(C)ccc32)cc1. The fraction of sp³-hybridized carbons (Fsp3) is 0.160. The molecule has 0 spiro atoms. The van der Waals surface area contributed by atoms with Crippen LogP contribution >= 0.6 is 0 Å². The molecule has 0 atom stereocenters. The average Bonchev–Trinajstić information content (AvgIpc) is 2.83. The maximum absolute atomic E-state index is 13.4. The van der Waals surface area contributed by atoms with Gasteiger partial charge >= 0.3 is 5.69 Å². The number of fused-ring (bicyclic) bond motifs is 1. The third kappa shape index (κ3) is 4.36. The number of carbonyl (C=O) groups excluding carboxylic acids is 1. The average molecular weight is 445 g/mol. The molecule has 1 aromatic heterocycles. The van der Waals surface area contributed by atoms with Gasteiger partial charge in [-0.1, -0.05) is 11.6 Å². The Hall–Kier alpha value is -4.33. The molecular weight excluding hydrogens is 422 g/mol. The molecule has 1 N–H and O–H groups in total. The van der Waals surface area contributed by atoms with E-state index < -0.39 is 17.2 Å². The number of ether oxygens (including phenoxy) is 2. The van der Waals surface area contributed by atoms with Gasteiger partial charge in [-0.25, -0.2) is 9.36 Å². The molecule has 0 radical (unpaired) electrons. The van der Waals surface area contributed by atoms with Crippen LogP contribution in [-0.2, 0) is 11.3 Å². The minimum Gasteiger partial charge on any atom is -0.497 e. The van der Waals surface area contributed by atoms with Gasteiger partial charge in [0.25, 0.3) is 5.56 Å². The molecule has 0 saturated heterocycles. The van der Waals surface area contributed by atoms with Crippen molar-refractivity contribution >= 4 is 22.5 Å². The van der Waals surface area contributed by atoms with E-state index in [1.54, 1.807) is 73.8 Å². The lowest BCUT2D eigenvalue weighted by Gasteiger charge is -2.15. The van der Waals surface area contributed by atoms with Gasteiger partial charge < -0.3 is 14.8 Å². The van der Waals surface area contributed by atoms with Crippen LogP contribution in [0.3, 0.4) is 0 Å². The Morgan fingerprint density at radius 3 is 2.09 bits per heavy atom. The monoisotopic (exact) mass is 445 g/mol. The van der Waals surface area contributed by atoms with E-state index in [2.05, 4.69) is 5.32 Å². The molecule has 0 fully saturated rings. The van der Waals surface area contributed by atoms with Crippen LogP contribution in [0.5, 0.6) is 11.5 Å². The van der Waals surface area contributed by atoms with Crippen molar-refractivity contribution in [1.82, 2.24) is 9.13 Å². The maximum atomic E-state index is 13.4. The standard InChI is InChI=1S/C25H23N3O5/c1-16-4-13-22-21(14-16)24(30)28(18-7-11-20(33-3)12-8-18)25(31)27(22)15-23(29)26-17-5-9-19(32-2)10-6-17/h4-14H,15H2,1-3H3,(H,26,29). The minimum absolute atomic E-state index is 0.263. The van der Waals surface area contributed by atoms with Gasteiger partial charge in [-0.3, -0.25) is 14.2 Å². The molecule has 1 heterocycles. The Kier molecular flexibility index (Phi) is 5.99. The largest absolute Gasteiger partial charge is 0.497 e. The Morgan fingerprint density at radius 1 is 0.879 bits per heavy atom. The summed E-state index contributed by atoms with van der Waals surface area (Å²) in [6.45, 7) is 1.60. The van der Waals surface area contributed by atoms with Crippen LogP contribution in [0.25, 0.3) is 16.6 Å². The number of hydrogen-bond acceptors (Lipinski definition) is 5. The van der Waals surface area contributed by atoms with Crippen molar-refractivity contribution in [3.05, 3.63) is 93.1 Å². The van der Waals surface area contributed by atoms with Crippen LogP contribution in [-0.4, -0.2) is 29.3 Å². The summed E-state index contributed by atoms with van der Waals surface area (Å²) in [5, 5.41) is 3.13. The zero-order valence-electron chi connectivity index (χ0n) is 18.5. The van der Waals surface area contributed by atoms with E-state index in [4.69, 9.17) is 9.47 Å². The molecule has 8 heteroatoms. The number of hydrogen-bond donors (Lipinski definition) is 1. The predicted octanol–water partition coefficient (Wildman–Crippen LogP) is 3.12. The summed E-state index contributed by atoms with van der Waals surface area (Å²) < 4.78 is 12.7. The van der Waals surface area contributed by atoms with Gasteiger partial charge in [0.2, 0.25) is 5.91 Å². The number of aryl methyl sites for hydroxylation is 1. The third-order valence-corrected chi connectivity index (χ3v) is 5.30. The first-order valence-corrected chi connectivity index (χ1v) is 10.3. The summed E-state index contributed by atoms with van der Waals surface area (Å²) in [5.41, 5.74) is 1.16. The molecule has 0 unspecified atom stereocenters. The van der Waals surface area contributed by atoms with Gasteiger partial charge in [-0.15, -0.1) is 0 Å². The lowest BCUT2D eigenvalue weighted by atomic mass is 10.1. The van der Waals surface area contributed by atoms with E-state index in [0.717, 1.165) is 10.1 Å². The Labute approximate surface area is 189 Å². The van der Waals surface area contributed by atoms with E-state index in [1.807, 2.05) is 6.92 Å². The first-order chi connectivity index (χ1) is 15.9. The fourth-order valence-corrected chi connectivity index (χ4v) is 3.62. The molecule has 4 aromatic rings. The van der Waals surface area contributed by atoms with E-state index in [1.165, 1.54) is 11.7 Å². The highest BCUT2D eigenvalue weighted by atomic mass is 16.5. The van der Waals surface area contributed by atoms with Gasteiger partial charge in [-0.2, -0.15) is 0 Å². The van der Waals surface area contributed by atoms with E-state index >= 15 is 0 Å². The highest BCUT2D eigenvalue weighted by Crippen LogP contribution is 2.17. The molecular formula is C25H23N3O5. The van der Waals surface area contributed by atoms with Crippen LogP contribution in [0.15, 0.2) is 76.3 Å². The second-order valence-corrected chi connectivity index (χ2v) is 7.50. The number of methoxy groups -OCH3 is 2. The zero-order valence-corrected chi connectivity index (χ0v) is 18.5. The lowest BCUT2D eigenvalue weighted by Crippen LogP contribution is -2.40. The molecule has 0 aliphatic carbocycles. The molecule has 4 rings (SSSR count). The Balaban J connectivity index is 1.80. The molecule has 8 nitrogen and oxygen atoms in total. The number of amides is 1. The minimum atomic E-state index is -0.605. The van der Waals surface area contributed by atoms with Gasteiger partial charge in [0, 0.05) is 5.69 Å². The number of carbonyl (C=O) groups is 1. The topological polar surface area (TPSA) is 91.6 Å². The normalized spacial score (nSPS) is 10.8. The van der Waals surface area contributed by atoms with Crippen molar-refractivity contribution < 1.29 is 14.3 Å². The summed E-state index contributed by atoms with van der Waals surface area (Å²) in [6, 6.07) is 18.7. The highest BCUT2D eigenvalue weighted by Gasteiger charge is 2.17. The van der Waals surface area contributed by atoms with Gasteiger partial charge in [0.1, 0.15) is 18.0 Å². The number of benzene rings is 3. The maximum Gasteiger partial charge on any atom is 0.336 e. The zero-order chi connectivity index (χ0) is 23.5. The lowest BCUT2D eigenvalue weighted by molar-refractivity contribution is -0.116. The number of nitrogens with zero attached hydrogens (tertiary/aromatic N) is 2. The van der Waals surface area contributed by atoms with E-state index in [9.17, 15) is 14.4 Å². The second kappa shape index (κ2) is 9.04. The van der Waals surface area contributed by atoms with Gasteiger partial charge in [0.15, 0.2) is 0 Å². The van der Waals surface area contributed by atoms with E-state index in [-0.39, 0.29) is 6.54 Å². The number of nitrogens with one attached hydrogen (secondary N) is 1. The summed E-state index contributed by atoms with van der Waals surface area (Å²) in [7, 11) is 3.10. The Morgan fingerprint density at radius 2 is 1.48 bits per heavy atom. The molecule has 0 aliphatic rings. The van der Waals surface area contributed by atoms with Crippen molar-refractivity contribution in [3.63, 3.8) is 0 Å². The first kappa shape index (κ1) is 21.9. The summed E-state index contributed by atoms with van der Waals surface area (Å²) in [5.74, 6) is 0.865. The first-order valence-electron chi connectivity index (χ1n) is 10.3. The summed E-state index contributed by atoms with van der Waals surface area (Å²) in [6.07, 6.45) is 0. The second-order valence-electron chi connectivity index (χ2n) is 7.50. The van der Waals surface area contributed by atoms with Crippen molar-refractivity contribution in [2.45, 2.75) is 13.5 Å². The molecule has 168 valence electrons. The van der Waals surface area contributed by atoms with Crippen molar-refractivity contribution in [2.24, 2.45) is 0 Å². The number of aromatic nitrogens is 2. The van der Waals surface area contributed by atoms with Crippen LogP contribution in [0.2, 0.25) is 0 Å². The fourth-order valence-electron chi connectivity index (χ4n) is 3.62. The predicted molar refractivity (Wildman–Crippen MR) is 127 cm³/mol. The third-order valence-electron chi connectivity index (χ3n) is 5.30. The van der Waals surface area contributed by atoms with Crippen LogP contribution in [0.1, 0.15) is 5.56 Å². The van der Waals surface area contributed by atoms with Crippen molar-refractivity contribution in [1.29, 1.82) is 0 Å². The molecule has 0 saturated carbocycles. The summed E-state index contributed by atoms with van der Waals surface area (Å²) >= 11 is 0. The molecule has 0 aliphatic heterocycles. The van der Waals surface area contributed by atoms with Crippen molar-refractivity contribution in [3.8, 4) is 17.2 Å². The summed E-state index contributed by atoms with van der Waals surface area (Å²) in [4.78, 5) is 39.5. The molecule has 3 aromatic carbocycles. The van der Waals surface area contributed by atoms with Crippen LogP contribution in [0.4, 0.5) is 5.69 Å². The van der Waals surface area contributed by atoms with Gasteiger partial charge in [0.05, 0.1) is 30.8 Å². The molecule has 0 bridgehead atoms. The smallest absolute Gasteiger partial charge is 0.336 e. The van der Waals surface area contributed by atoms with Crippen LogP contribution in [0, 0.1) is 6.92 Å². The molecule has 1 amide bonds. The van der Waals surface area contributed by atoms with E-state index in [0.29, 0.717) is 33.8 Å². The molecule has 33 heavy (non-hydrogen) atoms. The number of rotatable bonds is 6. The highest BCUT2D eigenvalue weighted by molar-refractivity contribution is 5.91. The van der Waals surface area contributed by atoms with Crippen molar-refractivity contribution in [2.75, 3.05) is 19.5 Å². The van der Waals surface area contributed by atoms with Gasteiger partial charge in [-0.05, 0) is 67.6 Å². The Bertz CT molecular complexity index is 1430.